The molecule has 94 valence electrons. The zero-order valence-corrected chi connectivity index (χ0v) is 11.4. The predicted octanol–water partition coefficient (Wildman–Crippen LogP) is 3.40. The van der Waals surface area contributed by atoms with Crippen molar-refractivity contribution in [2.75, 3.05) is 11.9 Å². The van der Waals surface area contributed by atoms with E-state index in [2.05, 4.69) is 5.32 Å². The lowest BCUT2D eigenvalue weighted by Gasteiger charge is -2.19. The SMILES string of the molecule is Cc1cc(Cl)ccc1NC(=O)COC(C)(C)C. The van der Waals surface area contributed by atoms with Crippen LogP contribution in [0.15, 0.2) is 18.2 Å². The summed E-state index contributed by atoms with van der Waals surface area (Å²) in [5, 5.41) is 3.45. The van der Waals surface area contributed by atoms with Gasteiger partial charge in [-0.1, -0.05) is 11.6 Å². The van der Waals surface area contributed by atoms with Crippen LogP contribution >= 0.6 is 11.6 Å². The molecule has 1 aromatic rings. The van der Waals surface area contributed by atoms with Crippen LogP contribution in [0.2, 0.25) is 5.02 Å². The number of hydrogen-bond donors (Lipinski definition) is 1. The summed E-state index contributed by atoms with van der Waals surface area (Å²) in [6.45, 7) is 7.67. The number of nitrogens with one attached hydrogen (secondary N) is 1. The summed E-state index contributed by atoms with van der Waals surface area (Å²) >= 11 is 5.84. The van der Waals surface area contributed by atoms with Gasteiger partial charge in [-0.25, -0.2) is 0 Å². The van der Waals surface area contributed by atoms with Crippen LogP contribution in [0.1, 0.15) is 26.3 Å². The number of aryl methyl sites for hydroxylation is 1. The van der Waals surface area contributed by atoms with Crippen LogP contribution in [0.25, 0.3) is 0 Å². The molecule has 1 amide bonds. The van der Waals surface area contributed by atoms with Crippen LogP contribution in [-0.4, -0.2) is 18.1 Å². The normalized spacial score (nSPS) is 11.4. The van der Waals surface area contributed by atoms with Gasteiger partial charge in [-0.2, -0.15) is 0 Å². The highest BCUT2D eigenvalue weighted by Gasteiger charge is 2.13. The molecule has 1 aromatic carbocycles. The van der Waals surface area contributed by atoms with Crippen LogP contribution in [0.4, 0.5) is 5.69 Å². The van der Waals surface area contributed by atoms with Gasteiger partial charge in [0.25, 0.3) is 0 Å². The molecule has 1 rings (SSSR count). The number of ether oxygens (including phenoxy) is 1. The van der Waals surface area contributed by atoms with E-state index in [1.54, 1.807) is 12.1 Å². The maximum atomic E-state index is 11.6. The van der Waals surface area contributed by atoms with E-state index >= 15 is 0 Å². The molecule has 0 aliphatic carbocycles. The molecular weight excluding hydrogens is 238 g/mol. The Balaban J connectivity index is 2.57. The first-order chi connectivity index (χ1) is 7.78. The maximum absolute atomic E-state index is 11.6. The molecule has 4 heteroatoms. The van der Waals surface area contributed by atoms with Crippen molar-refractivity contribution in [3.63, 3.8) is 0 Å². The number of halogens is 1. The van der Waals surface area contributed by atoms with E-state index in [4.69, 9.17) is 16.3 Å². The highest BCUT2D eigenvalue weighted by Crippen LogP contribution is 2.19. The van der Waals surface area contributed by atoms with Crippen molar-refractivity contribution in [2.45, 2.75) is 33.3 Å². The minimum atomic E-state index is -0.313. The van der Waals surface area contributed by atoms with Crippen molar-refractivity contribution < 1.29 is 9.53 Å². The zero-order valence-electron chi connectivity index (χ0n) is 10.6. The first-order valence-electron chi connectivity index (χ1n) is 5.48. The molecule has 0 bridgehead atoms. The Kier molecular flexibility index (Phi) is 4.54. The average molecular weight is 256 g/mol. The molecule has 0 radical (unpaired) electrons. The van der Waals surface area contributed by atoms with Crippen molar-refractivity contribution in [1.82, 2.24) is 0 Å². The maximum Gasteiger partial charge on any atom is 0.250 e. The van der Waals surface area contributed by atoms with Gasteiger partial charge in [0.1, 0.15) is 6.61 Å². The summed E-state index contributed by atoms with van der Waals surface area (Å²) in [6.07, 6.45) is 0. The highest BCUT2D eigenvalue weighted by atomic mass is 35.5. The average Bonchev–Trinajstić information content (AvgIpc) is 2.18. The van der Waals surface area contributed by atoms with E-state index in [1.807, 2.05) is 33.8 Å². The lowest BCUT2D eigenvalue weighted by molar-refractivity contribution is -0.125. The molecule has 0 unspecified atom stereocenters. The summed E-state index contributed by atoms with van der Waals surface area (Å²) in [7, 11) is 0. The first kappa shape index (κ1) is 14.0. The Bertz CT molecular complexity index is 410. The summed E-state index contributed by atoms with van der Waals surface area (Å²) in [6, 6.07) is 5.34. The van der Waals surface area contributed by atoms with Gasteiger partial charge in [-0.15, -0.1) is 0 Å². The molecule has 0 saturated heterocycles. The molecule has 17 heavy (non-hydrogen) atoms. The van der Waals surface area contributed by atoms with Gasteiger partial charge in [-0.05, 0) is 51.5 Å². The van der Waals surface area contributed by atoms with Gasteiger partial charge in [0.2, 0.25) is 5.91 Å². The number of carbonyl (C=O) groups is 1. The molecule has 0 aliphatic rings. The third-order valence-corrected chi connectivity index (χ3v) is 2.33. The standard InChI is InChI=1S/C13H18ClNO2/c1-9-7-10(14)5-6-11(9)15-12(16)8-17-13(2,3)4/h5-7H,8H2,1-4H3,(H,15,16). The fraction of sp³-hybridized carbons (Fsp3) is 0.462. The Morgan fingerprint density at radius 1 is 1.41 bits per heavy atom. The van der Waals surface area contributed by atoms with Crippen molar-refractivity contribution in [3.05, 3.63) is 28.8 Å². The van der Waals surface area contributed by atoms with E-state index in [-0.39, 0.29) is 18.1 Å². The number of anilines is 1. The molecule has 0 atom stereocenters. The second kappa shape index (κ2) is 5.52. The van der Waals surface area contributed by atoms with Gasteiger partial charge < -0.3 is 10.1 Å². The van der Waals surface area contributed by atoms with E-state index in [0.29, 0.717) is 5.02 Å². The number of carbonyl (C=O) groups excluding carboxylic acids is 1. The van der Waals surface area contributed by atoms with Crippen LogP contribution in [0.3, 0.4) is 0 Å². The largest absolute Gasteiger partial charge is 0.366 e. The van der Waals surface area contributed by atoms with E-state index < -0.39 is 0 Å². The zero-order chi connectivity index (χ0) is 13.1. The van der Waals surface area contributed by atoms with Crippen LogP contribution in [0, 0.1) is 6.92 Å². The fourth-order valence-corrected chi connectivity index (χ4v) is 1.46. The molecule has 0 saturated carbocycles. The van der Waals surface area contributed by atoms with Crippen LogP contribution < -0.4 is 5.32 Å². The van der Waals surface area contributed by atoms with Gasteiger partial charge in [-0.3, -0.25) is 4.79 Å². The Morgan fingerprint density at radius 2 is 2.06 bits per heavy atom. The Morgan fingerprint density at radius 3 is 2.59 bits per heavy atom. The van der Waals surface area contributed by atoms with Crippen LogP contribution in [-0.2, 0) is 9.53 Å². The Labute approximate surface area is 107 Å². The molecule has 3 nitrogen and oxygen atoms in total. The quantitative estimate of drug-likeness (QED) is 0.899. The third kappa shape index (κ3) is 5.20. The number of hydrogen-bond acceptors (Lipinski definition) is 2. The fourth-order valence-electron chi connectivity index (χ4n) is 1.24. The number of amides is 1. The molecule has 0 fully saturated rings. The van der Waals surface area contributed by atoms with Gasteiger partial charge >= 0.3 is 0 Å². The minimum absolute atomic E-state index is 0.0472. The molecule has 1 N–H and O–H groups in total. The summed E-state index contributed by atoms with van der Waals surface area (Å²) in [4.78, 5) is 11.6. The van der Waals surface area contributed by atoms with Crippen molar-refractivity contribution in [2.24, 2.45) is 0 Å². The smallest absolute Gasteiger partial charge is 0.250 e. The lowest BCUT2D eigenvalue weighted by atomic mass is 10.2. The van der Waals surface area contributed by atoms with Gasteiger partial charge in [0.15, 0.2) is 0 Å². The summed E-state index contributed by atoms with van der Waals surface area (Å²) < 4.78 is 5.39. The van der Waals surface area contributed by atoms with Crippen molar-refractivity contribution in [1.29, 1.82) is 0 Å². The third-order valence-electron chi connectivity index (χ3n) is 2.10. The second-order valence-corrected chi connectivity index (χ2v) is 5.34. The van der Waals surface area contributed by atoms with Gasteiger partial charge in [0.05, 0.1) is 5.60 Å². The minimum Gasteiger partial charge on any atom is -0.366 e. The van der Waals surface area contributed by atoms with Crippen molar-refractivity contribution in [3.8, 4) is 0 Å². The summed E-state index contributed by atoms with van der Waals surface area (Å²) in [5.74, 6) is -0.162. The van der Waals surface area contributed by atoms with Crippen LogP contribution in [0.5, 0.6) is 0 Å². The molecule has 0 spiro atoms. The lowest BCUT2D eigenvalue weighted by Crippen LogP contribution is -2.27. The van der Waals surface area contributed by atoms with Crippen molar-refractivity contribution >= 4 is 23.2 Å². The first-order valence-corrected chi connectivity index (χ1v) is 5.86. The summed E-state index contributed by atoms with van der Waals surface area (Å²) in [5.41, 5.74) is 1.38. The number of rotatable bonds is 3. The monoisotopic (exact) mass is 255 g/mol. The second-order valence-electron chi connectivity index (χ2n) is 4.91. The molecule has 0 aromatic heterocycles. The Hall–Kier alpha value is -1.06. The van der Waals surface area contributed by atoms with Gasteiger partial charge in [0, 0.05) is 10.7 Å². The van der Waals surface area contributed by atoms with E-state index in [1.165, 1.54) is 0 Å². The molecule has 0 aliphatic heterocycles. The van der Waals surface area contributed by atoms with E-state index in [9.17, 15) is 4.79 Å². The molecular formula is C13H18ClNO2. The predicted molar refractivity (Wildman–Crippen MR) is 70.5 cm³/mol. The topological polar surface area (TPSA) is 38.3 Å². The number of benzene rings is 1. The van der Waals surface area contributed by atoms with E-state index in [0.717, 1.165) is 11.3 Å². The highest BCUT2D eigenvalue weighted by molar-refractivity contribution is 6.30. The molecule has 0 heterocycles.